The molecule has 0 amide bonds. The van der Waals surface area contributed by atoms with Gasteiger partial charge in [-0.3, -0.25) is 18.9 Å². The van der Waals surface area contributed by atoms with Crippen molar-refractivity contribution in [3.05, 3.63) is 81.6 Å². The number of benzene rings is 2. The molecule has 3 aromatic rings. The standard InChI is InChI=1S/C24H23F4N2O8P/c1-33-15-3-7-17(8-4-15)37-39(38-18-9-5-16(34-2)6-10-18)35-14-23(20(25)26)13-24(27,28)21(36-23)30-12-11-19(31)29-22(30)32/h3-12,20-21H,13-14H2,1-2H3,(H,29,31,32). The molecule has 0 aliphatic carbocycles. The minimum absolute atomic E-state index is 0.219. The van der Waals surface area contributed by atoms with Crippen molar-refractivity contribution >= 4 is 8.60 Å². The third-order valence-electron chi connectivity index (χ3n) is 5.64. The molecule has 0 saturated carbocycles. The molecule has 1 aliphatic heterocycles. The summed E-state index contributed by atoms with van der Waals surface area (Å²) in [5.74, 6) is -2.44. The van der Waals surface area contributed by atoms with Gasteiger partial charge in [0, 0.05) is 12.3 Å². The van der Waals surface area contributed by atoms with Crippen LogP contribution in [0.25, 0.3) is 0 Å². The summed E-state index contributed by atoms with van der Waals surface area (Å²) in [6.45, 7) is -1.08. The van der Waals surface area contributed by atoms with Crippen LogP contribution in [0.4, 0.5) is 17.6 Å². The van der Waals surface area contributed by atoms with E-state index in [9.17, 15) is 27.2 Å². The highest BCUT2D eigenvalue weighted by molar-refractivity contribution is 7.42. The fourth-order valence-electron chi connectivity index (χ4n) is 3.66. The molecule has 0 spiro atoms. The minimum atomic E-state index is -3.92. The Kier molecular flexibility index (Phi) is 8.48. The van der Waals surface area contributed by atoms with Gasteiger partial charge in [0.2, 0.25) is 6.23 Å². The van der Waals surface area contributed by atoms with E-state index in [0.717, 1.165) is 12.3 Å². The van der Waals surface area contributed by atoms with Crippen LogP contribution < -0.4 is 29.8 Å². The van der Waals surface area contributed by atoms with E-state index in [4.69, 9.17) is 27.8 Å². The number of alkyl halides is 4. The molecule has 0 radical (unpaired) electrons. The maximum atomic E-state index is 14.9. The molecule has 2 atom stereocenters. The van der Waals surface area contributed by atoms with Gasteiger partial charge in [-0.05, 0) is 48.5 Å². The summed E-state index contributed by atoms with van der Waals surface area (Å²) in [7, 11) is 0.453. The number of hydrogen-bond donors (Lipinski definition) is 1. The van der Waals surface area contributed by atoms with Crippen molar-refractivity contribution in [1.82, 2.24) is 9.55 Å². The average Bonchev–Trinajstić information content (AvgIpc) is 3.19. The fourth-order valence-corrected chi connectivity index (χ4v) is 4.72. The fraction of sp³-hybridized carbons (Fsp3) is 0.333. The monoisotopic (exact) mass is 574 g/mol. The van der Waals surface area contributed by atoms with Gasteiger partial charge >= 0.3 is 14.3 Å². The highest BCUT2D eigenvalue weighted by atomic mass is 31.2. The Morgan fingerprint density at radius 2 is 1.46 bits per heavy atom. The van der Waals surface area contributed by atoms with Gasteiger partial charge < -0.3 is 23.3 Å². The summed E-state index contributed by atoms with van der Waals surface area (Å²) >= 11 is 0. The molecule has 4 rings (SSSR count). The van der Waals surface area contributed by atoms with Gasteiger partial charge in [0.05, 0.1) is 27.2 Å². The van der Waals surface area contributed by atoms with Crippen molar-refractivity contribution in [1.29, 1.82) is 0 Å². The molecule has 2 aromatic carbocycles. The van der Waals surface area contributed by atoms with E-state index >= 15 is 0 Å². The van der Waals surface area contributed by atoms with E-state index in [1.165, 1.54) is 38.5 Å². The Labute approximate surface area is 220 Å². The first-order chi connectivity index (χ1) is 18.5. The third kappa shape index (κ3) is 6.52. The zero-order valence-corrected chi connectivity index (χ0v) is 21.4. The first-order valence-electron chi connectivity index (χ1n) is 11.3. The van der Waals surface area contributed by atoms with Crippen molar-refractivity contribution in [2.45, 2.75) is 30.6 Å². The highest BCUT2D eigenvalue weighted by Crippen LogP contribution is 2.52. The summed E-state index contributed by atoms with van der Waals surface area (Å²) in [5.41, 5.74) is -4.93. The predicted octanol–water partition coefficient (Wildman–Crippen LogP) is 4.51. The summed E-state index contributed by atoms with van der Waals surface area (Å²) in [4.78, 5) is 25.2. The van der Waals surface area contributed by atoms with E-state index < -0.39 is 57.1 Å². The molecule has 2 unspecified atom stereocenters. The van der Waals surface area contributed by atoms with Crippen LogP contribution in [-0.2, 0) is 9.26 Å². The number of nitrogens with one attached hydrogen (secondary N) is 1. The topological polar surface area (TPSA) is 110 Å². The Bertz CT molecular complexity index is 1320. The smallest absolute Gasteiger partial charge is 0.463 e. The highest BCUT2D eigenvalue weighted by Gasteiger charge is 2.63. The second-order valence-electron chi connectivity index (χ2n) is 8.32. The molecule has 1 fully saturated rings. The van der Waals surface area contributed by atoms with Crippen molar-refractivity contribution in [3.8, 4) is 23.0 Å². The number of H-pyrrole nitrogens is 1. The van der Waals surface area contributed by atoms with Gasteiger partial charge in [-0.1, -0.05) is 0 Å². The first-order valence-corrected chi connectivity index (χ1v) is 12.4. The Morgan fingerprint density at radius 3 is 1.92 bits per heavy atom. The summed E-state index contributed by atoms with van der Waals surface area (Å²) in [5, 5.41) is 0. The van der Waals surface area contributed by atoms with Crippen LogP contribution in [0.15, 0.2) is 70.4 Å². The molecular formula is C24H23F4N2O8P. The number of nitrogens with zero attached hydrogens (tertiary/aromatic N) is 1. The van der Waals surface area contributed by atoms with Crippen molar-refractivity contribution in [2.24, 2.45) is 0 Å². The van der Waals surface area contributed by atoms with E-state index in [2.05, 4.69) is 0 Å². The summed E-state index contributed by atoms with van der Waals surface area (Å²) in [6, 6.07) is 13.1. The number of ether oxygens (including phenoxy) is 3. The molecule has 2 heterocycles. The van der Waals surface area contributed by atoms with E-state index in [1.807, 2.05) is 0 Å². The third-order valence-corrected chi connectivity index (χ3v) is 6.70. The second kappa shape index (κ2) is 11.6. The minimum Gasteiger partial charge on any atom is -0.497 e. The van der Waals surface area contributed by atoms with Gasteiger partial charge in [0.25, 0.3) is 17.9 Å². The zero-order valence-electron chi connectivity index (χ0n) is 20.5. The van der Waals surface area contributed by atoms with Crippen LogP contribution in [0.5, 0.6) is 23.0 Å². The molecule has 1 aromatic heterocycles. The molecule has 39 heavy (non-hydrogen) atoms. The van der Waals surface area contributed by atoms with Crippen LogP contribution >= 0.6 is 8.60 Å². The molecule has 1 N–H and O–H groups in total. The Balaban J connectivity index is 1.58. The average molecular weight is 574 g/mol. The molecule has 1 saturated heterocycles. The lowest BCUT2D eigenvalue weighted by Crippen LogP contribution is -2.42. The lowest BCUT2D eigenvalue weighted by molar-refractivity contribution is -0.181. The molecular weight excluding hydrogens is 551 g/mol. The first kappa shape index (κ1) is 28.4. The van der Waals surface area contributed by atoms with Gasteiger partial charge in [0.15, 0.2) is 5.60 Å². The molecule has 210 valence electrons. The van der Waals surface area contributed by atoms with Crippen LogP contribution in [0, 0.1) is 0 Å². The predicted molar refractivity (Wildman–Crippen MR) is 130 cm³/mol. The number of aromatic nitrogens is 2. The molecule has 10 nitrogen and oxygen atoms in total. The number of methoxy groups -OCH3 is 2. The van der Waals surface area contributed by atoms with Crippen LogP contribution in [0.2, 0.25) is 0 Å². The number of aromatic amines is 1. The summed E-state index contributed by atoms with van der Waals surface area (Å²) < 4.78 is 91.0. The Morgan fingerprint density at radius 1 is 0.949 bits per heavy atom. The van der Waals surface area contributed by atoms with Gasteiger partial charge in [-0.2, -0.15) is 0 Å². The van der Waals surface area contributed by atoms with Gasteiger partial charge in [-0.25, -0.2) is 22.4 Å². The van der Waals surface area contributed by atoms with E-state index in [0.29, 0.717) is 16.1 Å². The maximum absolute atomic E-state index is 14.9. The number of halogens is 4. The Hall–Kier alpha value is -3.61. The zero-order chi connectivity index (χ0) is 28.2. The largest absolute Gasteiger partial charge is 0.497 e. The van der Waals surface area contributed by atoms with Gasteiger partial charge in [0.1, 0.15) is 23.0 Å². The van der Waals surface area contributed by atoms with Gasteiger partial charge in [-0.15, -0.1) is 0 Å². The summed E-state index contributed by atoms with van der Waals surface area (Å²) in [6.07, 6.45) is -6.61. The van der Waals surface area contributed by atoms with Crippen molar-refractivity contribution in [3.63, 3.8) is 0 Å². The quantitative estimate of drug-likeness (QED) is 0.263. The lowest BCUT2D eigenvalue weighted by atomic mass is 10.00. The maximum Gasteiger partial charge on any atom is 0.463 e. The molecule has 1 aliphatic rings. The number of hydrogen-bond acceptors (Lipinski definition) is 8. The molecule has 15 heteroatoms. The number of rotatable bonds is 11. The van der Waals surface area contributed by atoms with E-state index in [-0.39, 0.29) is 11.5 Å². The lowest BCUT2D eigenvalue weighted by Gasteiger charge is -2.28. The SMILES string of the molecule is COc1ccc(OP(OCC2(C(F)F)CC(F)(F)C(n3ccc(=O)[nH]c3=O)O2)Oc2ccc(OC)cc2)cc1. The molecule has 0 bridgehead atoms. The van der Waals surface area contributed by atoms with E-state index in [1.54, 1.807) is 29.2 Å². The van der Waals surface area contributed by atoms with Crippen molar-refractivity contribution < 1.29 is 45.3 Å². The second-order valence-corrected chi connectivity index (χ2v) is 9.39. The normalized spacial score (nSPS) is 20.3. The van der Waals surface area contributed by atoms with Crippen LogP contribution in [0.1, 0.15) is 12.6 Å². The van der Waals surface area contributed by atoms with Crippen molar-refractivity contribution in [2.75, 3.05) is 20.8 Å². The van der Waals surface area contributed by atoms with Crippen LogP contribution in [0.3, 0.4) is 0 Å². The van der Waals surface area contributed by atoms with Crippen LogP contribution in [-0.4, -0.2) is 48.3 Å².